The van der Waals surface area contributed by atoms with Crippen LogP contribution in [-0.4, -0.2) is 39.4 Å². The Hall–Kier alpha value is -2.75. The maximum Gasteiger partial charge on any atom is 0.143 e. The number of fused-ring (bicyclic) bond motifs is 3. The van der Waals surface area contributed by atoms with E-state index in [4.69, 9.17) is 14.7 Å². The summed E-state index contributed by atoms with van der Waals surface area (Å²) in [5.74, 6) is 1.19. The molecule has 0 bridgehead atoms. The van der Waals surface area contributed by atoms with Crippen molar-refractivity contribution < 1.29 is 9.47 Å². The number of hydrogen-bond donors (Lipinski definition) is 2. The number of nitriles is 1. The lowest BCUT2D eigenvalue weighted by Crippen LogP contribution is -2.44. The van der Waals surface area contributed by atoms with E-state index in [2.05, 4.69) is 33.7 Å². The molecule has 0 aromatic heterocycles. The summed E-state index contributed by atoms with van der Waals surface area (Å²) in [6, 6.07) is 12.7. The summed E-state index contributed by atoms with van der Waals surface area (Å²) in [4.78, 5) is 2.58. The third-order valence-electron chi connectivity index (χ3n) is 6.09. The molecular weight excluding hydrogens is 352 g/mol. The van der Waals surface area contributed by atoms with Crippen LogP contribution >= 0.6 is 0 Å². The molecule has 3 aliphatic heterocycles. The Morgan fingerprint density at radius 3 is 3.11 bits per heavy atom. The normalized spacial score (nSPS) is 22.6. The summed E-state index contributed by atoms with van der Waals surface area (Å²) in [6.45, 7) is 4.49. The van der Waals surface area contributed by atoms with Crippen LogP contribution < -0.4 is 20.3 Å². The van der Waals surface area contributed by atoms with Gasteiger partial charge in [0.2, 0.25) is 0 Å². The lowest BCUT2D eigenvalue weighted by atomic mass is 9.89. The van der Waals surface area contributed by atoms with Crippen molar-refractivity contribution in [1.29, 1.82) is 5.26 Å². The molecular formula is C22H24N4O2. The van der Waals surface area contributed by atoms with Crippen molar-refractivity contribution in [3.63, 3.8) is 0 Å². The zero-order valence-electron chi connectivity index (χ0n) is 16.0. The minimum atomic E-state index is 0.519. The Balaban J connectivity index is 1.55. The van der Waals surface area contributed by atoms with Gasteiger partial charge >= 0.3 is 0 Å². The highest BCUT2D eigenvalue weighted by Crippen LogP contribution is 2.47. The number of ether oxygens (including phenoxy) is 2. The van der Waals surface area contributed by atoms with Gasteiger partial charge in [0.25, 0.3) is 0 Å². The molecule has 3 heterocycles. The van der Waals surface area contributed by atoms with Crippen molar-refractivity contribution >= 4 is 17.1 Å². The number of hydrogen-bond acceptors (Lipinski definition) is 6. The van der Waals surface area contributed by atoms with Crippen LogP contribution in [0, 0.1) is 11.3 Å². The number of nitrogens with one attached hydrogen (secondary N) is 2. The summed E-state index contributed by atoms with van der Waals surface area (Å²) < 4.78 is 11.4. The zero-order valence-corrected chi connectivity index (χ0v) is 16.0. The molecule has 0 saturated carbocycles. The first kappa shape index (κ1) is 17.4. The topological polar surface area (TPSA) is 69.5 Å². The molecule has 2 N–H and O–H groups in total. The molecule has 0 aliphatic carbocycles. The molecule has 1 saturated heterocycles. The smallest absolute Gasteiger partial charge is 0.143 e. The highest BCUT2D eigenvalue weighted by molar-refractivity contribution is 5.76. The van der Waals surface area contributed by atoms with Gasteiger partial charge in [0.05, 0.1) is 37.6 Å². The van der Waals surface area contributed by atoms with Gasteiger partial charge in [0, 0.05) is 48.1 Å². The Morgan fingerprint density at radius 2 is 2.25 bits per heavy atom. The van der Waals surface area contributed by atoms with Gasteiger partial charge in [-0.2, -0.15) is 5.26 Å². The minimum Gasteiger partial charge on any atom is -0.495 e. The van der Waals surface area contributed by atoms with Crippen molar-refractivity contribution in [1.82, 2.24) is 5.32 Å². The molecule has 5 rings (SSSR count). The quantitative estimate of drug-likeness (QED) is 0.858. The average molecular weight is 376 g/mol. The first-order chi connectivity index (χ1) is 13.8. The highest BCUT2D eigenvalue weighted by Gasteiger charge is 2.41. The van der Waals surface area contributed by atoms with Crippen molar-refractivity contribution in [3.05, 3.63) is 47.0 Å². The SMILES string of the molecule is COc1cc(C#N)ccc1Nc1cc2c3c(c1)[C@@H]1CNCC[C@@H]1N3CCOC2. The molecule has 2 aromatic carbocycles. The molecule has 0 amide bonds. The van der Waals surface area contributed by atoms with Gasteiger partial charge in [0.15, 0.2) is 0 Å². The molecule has 0 unspecified atom stereocenters. The molecule has 0 radical (unpaired) electrons. The Bertz CT molecular complexity index is 952. The Morgan fingerprint density at radius 1 is 1.32 bits per heavy atom. The third kappa shape index (κ3) is 2.79. The predicted molar refractivity (Wildman–Crippen MR) is 108 cm³/mol. The molecule has 6 heteroatoms. The van der Waals surface area contributed by atoms with Crippen molar-refractivity contribution in [2.45, 2.75) is 25.0 Å². The van der Waals surface area contributed by atoms with Crippen molar-refractivity contribution in [3.8, 4) is 11.8 Å². The molecule has 144 valence electrons. The van der Waals surface area contributed by atoms with E-state index in [1.807, 2.05) is 6.07 Å². The number of rotatable bonds is 3. The molecule has 2 atom stereocenters. The van der Waals surface area contributed by atoms with Gasteiger partial charge in [-0.1, -0.05) is 0 Å². The first-order valence-corrected chi connectivity index (χ1v) is 9.85. The second-order valence-corrected chi connectivity index (χ2v) is 7.64. The van der Waals surface area contributed by atoms with Gasteiger partial charge in [-0.3, -0.25) is 0 Å². The number of nitrogens with zero attached hydrogens (tertiary/aromatic N) is 2. The van der Waals surface area contributed by atoms with Gasteiger partial charge in [-0.25, -0.2) is 0 Å². The van der Waals surface area contributed by atoms with Crippen LogP contribution in [0.2, 0.25) is 0 Å². The fourth-order valence-corrected chi connectivity index (χ4v) is 4.88. The average Bonchev–Trinajstić information content (AvgIpc) is 2.89. The number of methoxy groups -OCH3 is 1. The fourth-order valence-electron chi connectivity index (χ4n) is 4.88. The van der Waals surface area contributed by atoms with Crippen LogP contribution in [0.25, 0.3) is 0 Å². The molecule has 28 heavy (non-hydrogen) atoms. The first-order valence-electron chi connectivity index (χ1n) is 9.85. The van der Waals surface area contributed by atoms with Gasteiger partial charge in [-0.15, -0.1) is 0 Å². The molecule has 2 aromatic rings. The van der Waals surface area contributed by atoms with Crippen LogP contribution in [0.15, 0.2) is 30.3 Å². The standard InChI is InChI=1S/C22H24N4O2/c1-27-21-8-14(11-23)2-3-19(21)25-16-9-15-13-28-7-6-26-20-4-5-24-12-18(20)17(10-16)22(15)26/h2-3,8-10,18,20,24-25H,4-7,12-13H2,1H3/t18-,20-/m0/s1. The van der Waals surface area contributed by atoms with Crippen LogP contribution in [-0.2, 0) is 11.3 Å². The Kier molecular flexibility index (Phi) is 4.34. The monoisotopic (exact) mass is 376 g/mol. The van der Waals surface area contributed by atoms with E-state index in [1.54, 1.807) is 19.2 Å². The largest absolute Gasteiger partial charge is 0.495 e. The fraction of sp³-hybridized carbons (Fsp3) is 0.409. The summed E-state index contributed by atoms with van der Waals surface area (Å²) in [7, 11) is 1.63. The van der Waals surface area contributed by atoms with E-state index < -0.39 is 0 Å². The molecule has 3 aliphatic rings. The summed E-state index contributed by atoms with van der Waals surface area (Å²) in [5.41, 5.74) is 6.52. The van der Waals surface area contributed by atoms with E-state index in [0.29, 0.717) is 29.9 Å². The number of benzene rings is 2. The third-order valence-corrected chi connectivity index (χ3v) is 6.09. The maximum absolute atomic E-state index is 9.13. The van der Waals surface area contributed by atoms with Gasteiger partial charge < -0.3 is 25.0 Å². The van der Waals surface area contributed by atoms with Crippen LogP contribution in [0.1, 0.15) is 29.0 Å². The summed E-state index contributed by atoms with van der Waals surface area (Å²) in [5, 5.41) is 16.2. The second-order valence-electron chi connectivity index (χ2n) is 7.64. The van der Waals surface area contributed by atoms with E-state index in [9.17, 15) is 0 Å². The van der Waals surface area contributed by atoms with E-state index in [1.165, 1.54) is 23.2 Å². The van der Waals surface area contributed by atoms with Gasteiger partial charge in [-0.05, 0) is 42.8 Å². The molecule has 6 nitrogen and oxygen atoms in total. The minimum absolute atomic E-state index is 0.519. The zero-order chi connectivity index (χ0) is 19.1. The van der Waals surface area contributed by atoms with Crippen molar-refractivity contribution in [2.24, 2.45) is 0 Å². The molecule has 1 fully saturated rings. The van der Waals surface area contributed by atoms with E-state index >= 15 is 0 Å². The second kappa shape index (κ2) is 7.01. The van der Waals surface area contributed by atoms with E-state index in [0.717, 1.165) is 37.6 Å². The summed E-state index contributed by atoms with van der Waals surface area (Å²) >= 11 is 0. The lowest BCUT2D eigenvalue weighted by molar-refractivity contribution is 0.130. The maximum atomic E-state index is 9.13. The van der Waals surface area contributed by atoms with Crippen molar-refractivity contribution in [2.75, 3.05) is 43.6 Å². The van der Waals surface area contributed by atoms with Crippen LogP contribution in [0.5, 0.6) is 5.75 Å². The van der Waals surface area contributed by atoms with Crippen LogP contribution in [0.3, 0.4) is 0 Å². The highest BCUT2D eigenvalue weighted by atomic mass is 16.5. The number of anilines is 3. The summed E-state index contributed by atoms with van der Waals surface area (Å²) in [6.07, 6.45) is 1.17. The predicted octanol–water partition coefficient (Wildman–Crippen LogP) is 3.11. The lowest BCUT2D eigenvalue weighted by Gasteiger charge is -2.33. The van der Waals surface area contributed by atoms with E-state index in [-0.39, 0.29) is 0 Å². The Labute approximate surface area is 165 Å². The van der Waals surface area contributed by atoms with Crippen LogP contribution in [0.4, 0.5) is 17.1 Å². The number of piperidine rings is 1. The van der Waals surface area contributed by atoms with Gasteiger partial charge in [0.1, 0.15) is 5.75 Å². The molecule has 0 spiro atoms.